The molecule has 22 heavy (non-hydrogen) atoms. The number of halogens is 1. The normalized spacial score (nSPS) is 19.3. The molecule has 1 unspecified atom stereocenters. The Balaban J connectivity index is 2.03. The van der Waals surface area contributed by atoms with Crippen LogP contribution in [-0.4, -0.2) is 52.2 Å². The lowest BCUT2D eigenvalue weighted by Gasteiger charge is -2.40. The van der Waals surface area contributed by atoms with Gasteiger partial charge in [0, 0.05) is 31.9 Å². The van der Waals surface area contributed by atoms with Gasteiger partial charge in [0.15, 0.2) is 0 Å². The van der Waals surface area contributed by atoms with Gasteiger partial charge in [0.05, 0.1) is 10.2 Å². The largest absolute Gasteiger partial charge is 0.444 e. The SMILES string of the molecule is Cc1nc(N2CCN(C(=O)OC(C)(C)C)CC2C)ncc1Br. The van der Waals surface area contributed by atoms with Gasteiger partial charge in [-0.25, -0.2) is 14.8 Å². The van der Waals surface area contributed by atoms with E-state index in [0.29, 0.717) is 25.6 Å². The van der Waals surface area contributed by atoms with Crippen LogP contribution in [0, 0.1) is 6.92 Å². The number of hydrogen-bond acceptors (Lipinski definition) is 5. The molecule has 122 valence electrons. The maximum atomic E-state index is 12.1. The number of ether oxygens (including phenoxy) is 1. The molecule has 0 aromatic carbocycles. The van der Waals surface area contributed by atoms with E-state index >= 15 is 0 Å². The third kappa shape index (κ3) is 4.09. The number of aryl methyl sites for hydroxylation is 1. The molecule has 0 aliphatic carbocycles. The van der Waals surface area contributed by atoms with E-state index in [1.165, 1.54) is 0 Å². The van der Waals surface area contributed by atoms with Crippen molar-refractivity contribution in [2.75, 3.05) is 24.5 Å². The molecule has 0 radical (unpaired) electrons. The Labute approximate surface area is 140 Å². The van der Waals surface area contributed by atoms with E-state index in [4.69, 9.17) is 4.74 Å². The molecule has 0 spiro atoms. The van der Waals surface area contributed by atoms with Crippen molar-refractivity contribution in [3.05, 3.63) is 16.4 Å². The molecule has 1 atom stereocenters. The molecule has 1 aromatic rings. The average molecular weight is 371 g/mol. The number of hydrogen-bond donors (Lipinski definition) is 0. The number of piperazine rings is 1. The highest BCUT2D eigenvalue weighted by Gasteiger charge is 2.30. The summed E-state index contributed by atoms with van der Waals surface area (Å²) in [7, 11) is 0. The molecule has 2 heterocycles. The predicted molar refractivity (Wildman–Crippen MR) is 89.1 cm³/mol. The van der Waals surface area contributed by atoms with E-state index in [-0.39, 0.29) is 12.1 Å². The fourth-order valence-corrected chi connectivity index (χ4v) is 2.52. The van der Waals surface area contributed by atoms with Crippen molar-refractivity contribution < 1.29 is 9.53 Å². The summed E-state index contributed by atoms with van der Waals surface area (Å²) in [6.45, 7) is 11.6. The van der Waals surface area contributed by atoms with Crippen LogP contribution in [0.3, 0.4) is 0 Å². The van der Waals surface area contributed by atoms with Crippen molar-refractivity contribution in [2.45, 2.75) is 46.3 Å². The van der Waals surface area contributed by atoms with Crippen molar-refractivity contribution >= 4 is 28.0 Å². The number of carbonyl (C=O) groups excluding carboxylic acids is 1. The quantitative estimate of drug-likeness (QED) is 0.760. The number of nitrogens with zero attached hydrogens (tertiary/aromatic N) is 4. The third-order valence-electron chi connectivity index (χ3n) is 3.44. The first-order chi connectivity index (χ1) is 10.2. The van der Waals surface area contributed by atoms with Gasteiger partial charge < -0.3 is 14.5 Å². The second kappa shape index (κ2) is 6.40. The van der Waals surface area contributed by atoms with Gasteiger partial charge in [-0.15, -0.1) is 0 Å². The molecule has 1 amide bonds. The van der Waals surface area contributed by atoms with Crippen LogP contribution in [-0.2, 0) is 4.74 Å². The smallest absolute Gasteiger partial charge is 0.410 e. The van der Waals surface area contributed by atoms with Crippen molar-refractivity contribution in [3.63, 3.8) is 0 Å². The van der Waals surface area contributed by atoms with Gasteiger partial charge in [-0.05, 0) is 50.5 Å². The molecular weight excluding hydrogens is 348 g/mol. The molecule has 7 heteroatoms. The van der Waals surface area contributed by atoms with E-state index in [2.05, 4.69) is 37.7 Å². The van der Waals surface area contributed by atoms with E-state index in [9.17, 15) is 4.79 Å². The number of amides is 1. The van der Waals surface area contributed by atoms with Crippen LogP contribution in [0.15, 0.2) is 10.7 Å². The molecule has 1 aliphatic rings. The van der Waals surface area contributed by atoms with Gasteiger partial charge >= 0.3 is 6.09 Å². The Hall–Kier alpha value is -1.37. The van der Waals surface area contributed by atoms with Crippen molar-refractivity contribution in [1.29, 1.82) is 0 Å². The highest BCUT2D eigenvalue weighted by Crippen LogP contribution is 2.21. The predicted octanol–water partition coefficient (Wildman–Crippen LogP) is 2.99. The average Bonchev–Trinajstić information content (AvgIpc) is 2.40. The maximum absolute atomic E-state index is 12.1. The van der Waals surface area contributed by atoms with E-state index in [0.717, 1.165) is 10.2 Å². The lowest BCUT2D eigenvalue weighted by molar-refractivity contribution is 0.0218. The summed E-state index contributed by atoms with van der Waals surface area (Å²) >= 11 is 3.41. The van der Waals surface area contributed by atoms with Crippen LogP contribution in [0.4, 0.5) is 10.7 Å². The van der Waals surface area contributed by atoms with Gasteiger partial charge in [-0.1, -0.05) is 0 Å². The van der Waals surface area contributed by atoms with Gasteiger partial charge in [0.2, 0.25) is 5.95 Å². The van der Waals surface area contributed by atoms with Crippen LogP contribution >= 0.6 is 15.9 Å². The van der Waals surface area contributed by atoms with Gasteiger partial charge in [0.25, 0.3) is 0 Å². The summed E-state index contributed by atoms with van der Waals surface area (Å²) in [6, 6.07) is 0.141. The first-order valence-corrected chi connectivity index (χ1v) is 8.20. The number of carbonyl (C=O) groups is 1. The molecule has 0 N–H and O–H groups in total. The minimum Gasteiger partial charge on any atom is -0.444 e. The lowest BCUT2D eigenvalue weighted by atomic mass is 10.2. The number of anilines is 1. The Morgan fingerprint density at radius 2 is 2.09 bits per heavy atom. The molecule has 1 aromatic heterocycles. The molecule has 0 bridgehead atoms. The molecule has 1 fully saturated rings. The summed E-state index contributed by atoms with van der Waals surface area (Å²) in [5.41, 5.74) is 0.440. The zero-order valence-corrected chi connectivity index (χ0v) is 15.3. The number of rotatable bonds is 1. The number of aromatic nitrogens is 2. The van der Waals surface area contributed by atoms with Gasteiger partial charge in [-0.3, -0.25) is 0 Å². The first-order valence-electron chi connectivity index (χ1n) is 7.41. The fraction of sp³-hybridized carbons (Fsp3) is 0.667. The van der Waals surface area contributed by atoms with E-state index < -0.39 is 5.60 Å². The highest BCUT2D eigenvalue weighted by molar-refractivity contribution is 9.10. The summed E-state index contributed by atoms with van der Waals surface area (Å²) in [5.74, 6) is 0.706. The molecule has 1 aliphatic heterocycles. The van der Waals surface area contributed by atoms with Crippen LogP contribution in [0.1, 0.15) is 33.4 Å². The molecule has 6 nitrogen and oxygen atoms in total. The highest BCUT2D eigenvalue weighted by atomic mass is 79.9. The summed E-state index contributed by atoms with van der Waals surface area (Å²) in [4.78, 5) is 24.9. The molecular formula is C15H23BrN4O2. The van der Waals surface area contributed by atoms with Crippen LogP contribution < -0.4 is 4.90 Å². The first kappa shape index (κ1) is 17.0. The maximum Gasteiger partial charge on any atom is 0.410 e. The van der Waals surface area contributed by atoms with Crippen molar-refractivity contribution in [3.8, 4) is 0 Å². The lowest BCUT2D eigenvalue weighted by Crippen LogP contribution is -2.55. The second-order valence-corrected chi connectivity index (χ2v) is 7.43. The van der Waals surface area contributed by atoms with Crippen molar-refractivity contribution in [1.82, 2.24) is 14.9 Å². The monoisotopic (exact) mass is 370 g/mol. The standard InChI is InChI=1S/C15H23BrN4O2/c1-10-9-19(14(21)22-15(3,4)5)6-7-20(10)13-17-8-12(16)11(2)18-13/h8,10H,6-7,9H2,1-5H3. The zero-order valence-electron chi connectivity index (χ0n) is 13.8. The Morgan fingerprint density at radius 3 is 2.64 bits per heavy atom. The Kier molecular flexibility index (Phi) is 4.94. The second-order valence-electron chi connectivity index (χ2n) is 6.57. The molecule has 0 saturated carbocycles. The minimum absolute atomic E-state index is 0.141. The minimum atomic E-state index is -0.469. The van der Waals surface area contributed by atoms with Gasteiger partial charge in [-0.2, -0.15) is 0 Å². The summed E-state index contributed by atoms with van der Waals surface area (Å²) in [5, 5.41) is 0. The van der Waals surface area contributed by atoms with Crippen LogP contribution in [0.25, 0.3) is 0 Å². The molecule has 2 rings (SSSR count). The van der Waals surface area contributed by atoms with Crippen molar-refractivity contribution in [2.24, 2.45) is 0 Å². The Bertz CT molecular complexity index is 559. The zero-order chi connectivity index (χ0) is 16.5. The van der Waals surface area contributed by atoms with Crippen LogP contribution in [0.2, 0.25) is 0 Å². The van der Waals surface area contributed by atoms with E-state index in [1.807, 2.05) is 27.7 Å². The van der Waals surface area contributed by atoms with E-state index in [1.54, 1.807) is 11.1 Å². The summed E-state index contributed by atoms with van der Waals surface area (Å²) in [6.07, 6.45) is 1.51. The summed E-state index contributed by atoms with van der Waals surface area (Å²) < 4.78 is 6.33. The topological polar surface area (TPSA) is 58.6 Å². The third-order valence-corrected chi connectivity index (χ3v) is 4.22. The Morgan fingerprint density at radius 1 is 1.41 bits per heavy atom. The molecule has 1 saturated heterocycles. The fourth-order valence-electron chi connectivity index (χ4n) is 2.33. The van der Waals surface area contributed by atoms with Crippen LogP contribution in [0.5, 0.6) is 0 Å². The van der Waals surface area contributed by atoms with Gasteiger partial charge in [0.1, 0.15) is 5.60 Å².